The Balaban J connectivity index is 2.00. The monoisotopic (exact) mass is 245 g/mol. The Morgan fingerprint density at radius 2 is 2.17 bits per heavy atom. The molecule has 3 N–H and O–H groups in total. The van der Waals surface area contributed by atoms with Gasteiger partial charge < -0.3 is 15.6 Å². The summed E-state index contributed by atoms with van der Waals surface area (Å²) >= 11 is 0. The lowest BCUT2D eigenvalue weighted by atomic mass is 10.1. The van der Waals surface area contributed by atoms with Gasteiger partial charge >= 0.3 is 0 Å². The Morgan fingerprint density at radius 1 is 1.39 bits per heavy atom. The first-order valence-electron chi connectivity index (χ1n) is 6.21. The standard InChI is InChI=1S/C14H19N3O/c1-17(14(18)6-8-15)9-7-11-10-16-13-5-3-2-4-12(11)13/h2-5,10,16H,6-9,15H2,1H3. The van der Waals surface area contributed by atoms with Gasteiger partial charge in [0, 0.05) is 43.7 Å². The van der Waals surface area contributed by atoms with Crippen LogP contribution in [0.3, 0.4) is 0 Å². The van der Waals surface area contributed by atoms with Crippen molar-refractivity contribution in [3.8, 4) is 0 Å². The number of nitrogens with two attached hydrogens (primary N) is 1. The number of likely N-dealkylation sites (N-methyl/N-ethyl adjacent to an activating group) is 1. The lowest BCUT2D eigenvalue weighted by Crippen LogP contribution is -2.30. The Labute approximate surface area is 107 Å². The molecule has 0 aliphatic heterocycles. The van der Waals surface area contributed by atoms with Gasteiger partial charge in [-0.15, -0.1) is 0 Å². The Bertz CT molecular complexity index is 533. The number of carbonyl (C=O) groups is 1. The van der Waals surface area contributed by atoms with Crippen LogP contribution in [0.15, 0.2) is 30.5 Å². The summed E-state index contributed by atoms with van der Waals surface area (Å²) in [7, 11) is 1.83. The Hall–Kier alpha value is -1.81. The van der Waals surface area contributed by atoms with Crippen molar-refractivity contribution in [1.29, 1.82) is 0 Å². The van der Waals surface area contributed by atoms with Gasteiger partial charge in [0.15, 0.2) is 0 Å². The molecule has 4 nitrogen and oxygen atoms in total. The summed E-state index contributed by atoms with van der Waals surface area (Å²) in [4.78, 5) is 16.6. The molecule has 2 rings (SSSR count). The van der Waals surface area contributed by atoms with Gasteiger partial charge in [0.05, 0.1) is 0 Å². The number of nitrogens with one attached hydrogen (secondary N) is 1. The zero-order valence-corrected chi connectivity index (χ0v) is 10.6. The first-order valence-corrected chi connectivity index (χ1v) is 6.21. The number of carbonyl (C=O) groups excluding carboxylic acids is 1. The molecule has 1 aromatic heterocycles. The summed E-state index contributed by atoms with van der Waals surface area (Å²) < 4.78 is 0. The van der Waals surface area contributed by atoms with Gasteiger partial charge in [-0.1, -0.05) is 18.2 Å². The number of nitrogens with zero attached hydrogens (tertiary/aromatic N) is 1. The quantitative estimate of drug-likeness (QED) is 0.839. The average Bonchev–Trinajstić information content (AvgIpc) is 2.79. The molecule has 0 aliphatic rings. The van der Waals surface area contributed by atoms with E-state index in [-0.39, 0.29) is 5.91 Å². The molecule has 0 spiro atoms. The van der Waals surface area contributed by atoms with Crippen molar-refractivity contribution in [3.05, 3.63) is 36.0 Å². The van der Waals surface area contributed by atoms with E-state index in [0.717, 1.165) is 18.5 Å². The van der Waals surface area contributed by atoms with E-state index in [2.05, 4.69) is 17.1 Å². The normalized spacial score (nSPS) is 10.8. The zero-order chi connectivity index (χ0) is 13.0. The van der Waals surface area contributed by atoms with Crippen molar-refractivity contribution in [2.24, 2.45) is 5.73 Å². The van der Waals surface area contributed by atoms with Crippen molar-refractivity contribution in [2.75, 3.05) is 20.1 Å². The van der Waals surface area contributed by atoms with Crippen molar-refractivity contribution in [1.82, 2.24) is 9.88 Å². The predicted octanol–water partition coefficient (Wildman–Crippen LogP) is 1.52. The molecule has 0 saturated heterocycles. The molecule has 0 unspecified atom stereocenters. The molecule has 0 atom stereocenters. The van der Waals surface area contributed by atoms with Crippen molar-refractivity contribution in [3.63, 3.8) is 0 Å². The lowest BCUT2D eigenvalue weighted by molar-refractivity contribution is -0.129. The summed E-state index contributed by atoms with van der Waals surface area (Å²) in [6.07, 6.45) is 3.30. The maximum atomic E-state index is 11.6. The highest BCUT2D eigenvalue weighted by molar-refractivity contribution is 5.83. The van der Waals surface area contributed by atoms with Gasteiger partial charge in [-0.25, -0.2) is 0 Å². The summed E-state index contributed by atoms with van der Waals surface area (Å²) in [6.45, 7) is 1.14. The van der Waals surface area contributed by atoms with Crippen LogP contribution in [-0.2, 0) is 11.2 Å². The van der Waals surface area contributed by atoms with E-state index >= 15 is 0 Å². The minimum atomic E-state index is 0.109. The molecule has 96 valence electrons. The van der Waals surface area contributed by atoms with Crippen LogP contribution in [0, 0.1) is 0 Å². The molecule has 0 aliphatic carbocycles. The molecule has 0 fully saturated rings. The topological polar surface area (TPSA) is 62.1 Å². The van der Waals surface area contributed by atoms with Crippen LogP contribution in [0.25, 0.3) is 10.9 Å². The number of amides is 1. The number of aromatic nitrogens is 1. The fraction of sp³-hybridized carbons (Fsp3) is 0.357. The highest BCUT2D eigenvalue weighted by Gasteiger charge is 2.09. The maximum Gasteiger partial charge on any atom is 0.223 e. The van der Waals surface area contributed by atoms with E-state index in [1.165, 1.54) is 10.9 Å². The number of aromatic amines is 1. The van der Waals surface area contributed by atoms with Crippen molar-refractivity contribution >= 4 is 16.8 Å². The van der Waals surface area contributed by atoms with Crippen molar-refractivity contribution in [2.45, 2.75) is 12.8 Å². The van der Waals surface area contributed by atoms with Crippen LogP contribution in [-0.4, -0.2) is 35.9 Å². The second-order valence-electron chi connectivity index (χ2n) is 4.46. The first kappa shape index (κ1) is 12.6. The van der Waals surface area contributed by atoms with Crippen LogP contribution in [0.1, 0.15) is 12.0 Å². The number of H-pyrrole nitrogens is 1. The molecule has 0 saturated carbocycles. The number of para-hydroxylation sites is 1. The van der Waals surface area contributed by atoms with E-state index < -0.39 is 0 Å². The minimum absolute atomic E-state index is 0.109. The summed E-state index contributed by atoms with van der Waals surface area (Å²) in [5.41, 5.74) is 7.77. The van der Waals surface area contributed by atoms with E-state index in [1.807, 2.05) is 25.4 Å². The molecule has 18 heavy (non-hydrogen) atoms. The summed E-state index contributed by atoms with van der Waals surface area (Å²) in [6, 6.07) is 8.20. The van der Waals surface area contributed by atoms with E-state index in [1.54, 1.807) is 4.90 Å². The summed E-state index contributed by atoms with van der Waals surface area (Å²) in [5, 5.41) is 1.23. The van der Waals surface area contributed by atoms with Crippen LogP contribution >= 0.6 is 0 Å². The van der Waals surface area contributed by atoms with E-state index in [9.17, 15) is 4.79 Å². The molecule has 0 radical (unpaired) electrons. The number of rotatable bonds is 5. The zero-order valence-electron chi connectivity index (χ0n) is 10.6. The van der Waals surface area contributed by atoms with Crippen LogP contribution < -0.4 is 5.73 Å². The largest absolute Gasteiger partial charge is 0.361 e. The van der Waals surface area contributed by atoms with Crippen LogP contribution in [0.5, 0.6) is 0 Å². The molecular formula is C14H19N3O. The van der Waals surface area contributed by atoms with Gasteiger partial charge in [-0.2, -0.15) is 0 Å². The Morgan fingerprint density at radius 3 is 2.94 bits per heavy atom. The molecule has 2 aromatic rings. The highest BCUT2D eigenvalue weighted by Crippen LogP contribution is 2.18. The first-order chi connectivity index (χ1) is 8.72. The fourth-order valence-corrected chi connectivity index (χ4v) is 2.07. The SMILES string of the molecule is CN(CCc1c[nH]c2ccccc12)C(=O)CCN. The van der Waals surface area contributed by atoms with E-state index in [4.69, 9.17) is 5.73 Å². The van der Waals surface area contributed by atoms with E-state index in [0.29, 0.717) is 13.0 Å². The minimum Gasteiger partial charge on any atom is -0.361 e. The lowest BCUT2D eigenvalue weighted by Gasteiger charge is -2.16. The van der Waals surface area contributed by atoms with Gasteiger partial charge in [0.2, 0.25) is 5.91 Å². The van der Waals surface area contributed by atoms with Crippen LogP contribution in [0.2, 0.25) is 0 Å². The van der Waals surface area contributed by atoms with Crippen LogP contribution in [0.4, 0.5) is 0 Å². The molecule has 4 heteroatoms. The molecule has 1 heterocycles. The second kappa shape index (κ2) is 5.69. The third kappa shape index (κ3) is 2.71. The van der Waals surface area contributed by atoms with Crippen molar-refractivity contribution < 1.29 is 4.79 Å². The fourth-order valence-electron chi connectivity index (χ4n) is 2.07. The predicted molar refractivity (Wildman–Crippen MR) is 73.3 cm³/mol. The number of benzene rings is 1. The number of hydrogen-bond donors (Lipinski definition) is 2. The highest BCUT2D eigenvalue weighted by atomic mass is 16.2. The summed E-state index contributed by atoms with van der Waals surface area (Å²) in [5.74, 6) is 0.109. The molecule has 1 amide bonds. The third-order valence-corrected chi connectivity index (χ3v) is 3.18. The second-order valence-corrected chi connectivity index (χ2v) is 4.46. The molecule has 1 aromatic carbocycles. The average molecular weight is 245 g/mol. The van der Waals surface area contributed by atoms with Gasteiger partial charge in [-0.05, 0) is 18.1 Å². The Kier molecular flexibility index (Phi) is 3.99. The van der Waals surface area contributed by atoms with Gasteiger partial charge in [-0.3, -0.25) is 4.79 Å². The third-order valence-electron chi connectivity index (χ3n) is 3.18. The number of fused-ring (bicyclic) bond motifs is 1. The molecular weight excluding hydrogens is 226 g/mol. The van der Waals surface area contributed by atoms with Gasteiger partial charge in [0.25, 0.3) is 0 Å². The number of hydrogen-bond acceptors (Lipinski definition) is 2. The molecule has 0 bridgehead atoms. The maximum absolute atomic E-state index is 11.6. The smallest absolute Gasteiger partial charge is 0.223 e. The van der Waals surface area contributed by atoms with Gasteiger partial charge in [0.1, 0.15) is 0 Å².